The van der Waals surface area contributed by atoms with Crippen LogP contribution < -0.4 is 15.4 Å². The summed E-state index contributed by atoms with van der Waals surface area (Å²) in [4.78, 5) is 11.9. The van der Waals surface area contributed by atoms with E-state index >= 15 is 0 Å². The molecule has 0 aromatic heterocycles. The number of benzene rings is 2. The molecule has 0 heterocycles. The summed E-state index contributed by atoms with van der Waals surface area (Å²) in [5.41, 5.74) is 1.85. The monoisotopic (exact) mass is 325 g/mol. The van der Waals surface area contributed by atoms with Gasteiger partial charge in [-0.2, -0.15) is 5.26 Å². The van der Waals surface area contributed by atoms with Gasteiger partial charge in [0.25, 0.3) is 0 Å². The van der Waals surface area contributed by atoms with Crippen molar-refractivity contribution in [1.82, 2.24) is 5.32 Å². The second-order valence-corrected chi connectivity index (χ2v) is 4.95. The maximum Gasteiger partial charge on any atom is 0.319 e. The van der Waals surface area contributed by atoms with Crippen LogP contribution in [0.25, 0.3) is 0 Å². The lowest BCUT2D eigenvalue weighted by molar-refractivity contribution is 0.146. The number of amides is 2. The molecule has 2 aromatic rings. The molecule has 6 heteroatoms. The number of nitriles is 1. The molecule has 0 unspecified atom stereocenters. The van der Waals surface area contributed by atoms with Crippen molar-refractivity contribution in [3.05, 3.63) is 59.7 Å². The number of nitrogens with one attached hydrogen (secondary N) is 2. The largest absolute Gasteiger partial charge is 0.491 e. The third-order valence-corrected chi connectivity index (χ3v) is 3.23. The molecule has 0 saturated carbocycles. The zero-order valence-electron chi connectivity index (χ0n) is 13.4. The van der Waals surface area contributed by atoms with Crippen LogP contribution in [-0.2, 0) is 11.3 Å². The van der Waals surface area contributed by atoms with Gasteiger partial charge in [-0.25, -0.2) is 4.79 Å². The number of carbonyl (C=O) groups is 1. The number of carbonyl (C=O) groups excluding carboxylic acids is 1. The highest BCUT2D eigenvalue weighted by molar-refractivity contribution is 5.90. The molecule has 0 spiro atoms. The molecule has 0 aliphatic carbocycles. The summed E-state index contributed by atoms with van der Waals surface area (Å²) in [5, 5.41) is 14.4. The maximum absolute atomic E-state index is 11.9. The number of nitrogens with zero attached hydrogens (tertiary/aromatic N) is 1. The molecule has 124 valence electrons. The summed E-state index contributed by atoms with van der Waals surface area (Å²) in [6.45, 7) is 1.40. The van der Waals surface area contributed by atoms with Crippen molar-refractivity contribution in [2.24, 2.45) is 0 Å². The second kappa shape index (κ2) is 9.18. The van der Waals surface area contributed by atoms with Crippen molar-refractivity contribution in [3.63, 3.8) is 0 Å². The number of para-hydroxylation sites is 1. The number of methoxy groups -OCH3 is 1. The Bertz CT molecular complexity index is 708. The first kappa shape index (κ1) is 17.3. The Labute approximate surface area is 141 Å². The van der Waals surface area contributed by atoms with Crippen LogP contribution in [0, 0.1) is 11.3 Å². The van der Waals surface area contributed by atoms with Crippen molar-refractivity contribution < 1.29 is 14.3 Å². The van der Waals surface area contributed by atoms with E-state index in [-0.39, 0.29) is 6.03 Å². The van der Waals surface area contributed by atoms with E-state index in [1.165, 1.54) is 0 Å². The van der Waals surface area contributed by atoms with Crippen molar-refractivity contribution in [3.8, 4) is 11.8 Å². The molecule has 0 fully saturated rings. The number of rotatable bonds is 7. The van der Waals surface area contributed by atoms with Gasteiger partial charge in [-0.3, -0.25) is 0 Å². The van der Waals surface area contributed by atoms with Gasteiger partial charge in [0, 0.05) is 13.7 Å². The molecule has 0 radical (unpaired) electrons. The summed E-state index contributed by atoms with van der Waals surface area (Å²) in [7, 11) is 1.62. The molecule has 0 aliphatic rings. The molecule has 0 bridgehead atoms. The Morgan fingerprint density at radius 1 is 1.12 bits per heavy atom. The first-order valence-corrected chi connectivity index (χ1v) is 7.47. The van der Waals surface area contributed by atoms with Gasteiger partial charge >= 0.3 is 6.03 Å². The van der Waals surface area contributed by atoms with E-state index in [1.807, 2.05) is 30.3 Å². The van der Waals surface area contributed by atoms with Gasteiger partial charge < -0.3 is 20.1 Å². The average molecular weight is 325 g/mol. The zero-order chi connectivity index (χ0) is 17.2. The van der Waals surface area contributed by atoms with Crippen molar-refractivity contribution in [2.45, 2.75) is 6.54 Å². The number of anilines is 1. The summed E-state index contributed by atoms with van der Waals surface area (Å²) in [6, 6.07) is 16.0. The minimum atomic E-state index is -0.363. The molecule has 2 rings (SSSR count). The van der Waals surface area contributed by atoms with E-state index in [1.54, 1.807) is 31.4 Å². The van der Waals surface area contributed by atoms with Crippen molar-refractivity contribution in [1.29, 1.82) is 5.26 Å². The van der Waals surface area contributed by atoms with Crippen LogP contribution in [0.15, 0.2) is 48.5 Å². The Morgan fingerprint density at radius 3 is 2.58 bits per heavy atom. The van der Waals surface area contributed by atoms with Crippen LogP contribution in [-0.4, -0.2) is 26.4 Å². The molecule has 2 amide bonds. The molecule has 0 aliphatic heterocycles. The molecule has 24 heavy (non-hydrogen) atoms. The lowest BCUT2D eigenvalue weighted by atomic mass is 10.2. The summed E-state index contributed by atoms with van der Waals surface area (Å²) in [5.74, 6) is 0.753. The minimum Gasteiger partial charge on any atom is -0.491 e. The fourth-order valence-electron chi connectivity index (χ4n) is 1.98. The first-order valence-electron chi connectivity index (χ1n) is 7.47. The molecule has 0 atom stereocenters. The summed E-state index contributed by atoms with van der Waals surface area (Å²) < 4.78 is 10.4. The van der Waals surface area contributed by atoms with E-state index in [4.69, 9.17) is 14.7 Å². The zero-order valence-corrected chi connectivity index (χ0v) is 13.4. The number of hydrogen-bond donors (Lipinski definition) is 2. The second-order valence-electron chi connectivity index (χ2n) is 4.95. The Kier molecular flexibility index (Phi) is 6.62. The van der Waals surface area contributed by atoms with Crippen LogP contribution in [0.5, 0.6) is 5.75 Å². The highest BCUT2D eigenvalue weighted by Crippen LogP contribution is 2.14. The van der Waals surface area contributed by atoms with Gasteiger partial charge in [-0.05, 0) is 29.8 Å². The van der Waals surface area contributed by atoms with Crippen molar-refractivity contribution in [2.75, 3.05) is 25.6 Å². The van der Waals surface area contributed by atoms with Crippen molar-refractivity contribution >= 4 is 11.7 Å². The van der Waals surface area contributed by atoms with Crippen LogP contribution >= 0.6 is 0 Å². The quantitative estimate of drug-likeness (QED) is 0.767. The van der Waals surface area contributed by atoms with Gasteiger partial charge in [0.15, 0.2) is 0 Å². The van der Waals surface area contributed by atoms with Crippen LogP contribution in [0.2, 0.25) is 0 Å². The van der Waals surface area contributed by atoms with Gasteiger partial charge in [0.05, 0.1) is 17.9 Å². The maximum atomic E-state index is 11.9. The Hall–Kier alpha value is -3.04. The van der Waals surface area contributed by atoms with Gasteiger partial charge in [0.2, 0.25) is 0 Å². The molecule has 2 aromatic carbocycles. The number of ether oxygens (including phenoxy) is 2. The average Bonchev–Trinajstić information content (AvgIpc) is 2.62. The highest BCUT2D eigenvalue weighted by atomic mass is 16.5. The lowest BCUT2D eigenvalue weighted by Crippen LogP contribution is -2.28. The topological polar surface area (TPSA) is 83.4 Å². The lowest BCUT2D eigenvalue weighted by Gasteiger charge is -2.10. The van der Waals surface area contributed by atoms with E-state index in [0.29, 0.717) is 31.0 Å². The smallest absolute Gasteiger partial charge is 0.319 e. The predicted molar refractivity (Wildman–Crippen MR) is 90.8 cm³/mol. The van der Waals surface area contributed by atoms with E-state index in [0.717, 1.165) is 11.3 Å². The van der Waals surface area contributed by atoms with Gasteiger partial charge in [0.1, 0.15) is 18.4 Å². The number of urea groups is 1. The summed E-state index contributed by atoms with van der Waals surface area (Å²) >= 11 is 0. The fourth-order valence-corrected chi connectivity index (χ4v) is 1.98. The fraction of sp³-hybridized carbons (Fsp3) is 0.222. The molecule has 6 nitrogen and oxygen atoms in total. The highest BCUT2D eigenvalue weighted by Gasteiger charge is 2.05. The van der Waals surface area contributed by atoms with E-state index in [2.05, 4.69) is 10.6 Å². The third kappa shape index (κ3) is 5.30. The normalized spacial score (nSPS) is 9.83. The number of hydrogen-bond acceptors (Lipinski definition) is 4. The minimum absolute atomic E-state index is 0.363. The van der Waals surface area contributed by atoms with E-state index < -0.39 is 0 Å². The standard InChI is InChI=1S/C18H19N3O3/c1-23-10-11-24-16-8-6-14(7-9-16)13-20-18(22)21-17-5-3-2-4-15(17)12-19/h2-9H,10-11,13H2,1H3,(H2,20,21,22). The third-order valence-electron chi connectivity index (χ3n) is 3.23. The van der Waals surface area contributed by atoms with Gasteiger partial charge in [-0.15, -0.1) is 0 Å². The SMILES string of the molecule is COCCOc1ccc(CNC(=O)Nc2ccccc2C#N)cc1. The molecular weight excluding hydrogens is 306 g/mol. The molecule has 2 N–H and O–H groups in total. The first-order chi connectivity index (χ1) is 11.7. The van der Waals surface area contributed by atoms with Gasteiger partial charge in [-0.1, -0.05) is 24.3 Å². The Balaban J connectivity index is 1.82. The molecule has 0 saturated heterocycles. The van der Waals surface area contributed by atoms with Crippen LogP contribution in [0.3, 0.4) is 0 Å². The molecular formula is C18H19N3O3. The van der Waals surface area contributed by atoms with E-state index in [9.17, 15) is 4.79 Å². The predicted octanol–water partition coefficient (Wildman–Crippen LogP) is 2.91. The van der Waals surface area contributed by atoms with Crippen LogP contribution in [0.1, 0.15) is 11.1 Å². The Morgan fingerprint density at radius 2 is 1.88 bits per heavy atom. The summed E-state index contributed by atoms with van der Waals surface area (Å²) in [6.07, 6.45) is 0. The van der Waals surface area contributed by atoms with Crippen LogP contribution in [0.4, 0.5) is 10.5 Å².